The minimum absolute atomic E-state index is 0.0195. The lowest BCUT2D eigenvalue weighted by molar-refractivity contribution is 0.0756. The summed E-state index contributed by atoms with van der Waals surface area (Å²) in [6.07, 6.45) is 0.976. The zero-order valence-electron chi connectivity index (χ0n) is 15.6. The van der Waals surface area contributed by atoms with Crippen LogP contribution in [-0.2, 0) is 6.54 Å². The molecule has 4 nitrogen and oxygen atoms in total. The predicted octanol–water partition coefficient (Wildman–Crippen LogP) is 4.81. The zero-order valence-corrected chi connectivity index (χ0v) is 17.1. The second-order valence-electron chi connectivity index (χ2n) is 6.96. The van der Waals surface area contributed by atoms with E-state index in [1.165, 1.54) is 16.9 Å². The summed E-state index contributed by atoms with van der Waals surface area (Å²) in [5, 5.41) is 3.35. The van der Waals surface area contributed by atoms with Crippen LogP contribution >= 0.6 is 22.9 Å². The third kappa shape index (κ3) is 4.61. The van der Waals surface area contributed by atoms with E-state index in [0.717, 1.165) is 49.7 Å². The fourth-order valence-corrected chi connectivity index (χ4v) is 4.44. The summed E-state index contributed by atoms with van der Waals surface area (Å²) in [4.78, 5) is 21.9. The summed E-state index contributed by atoms with van der Waals surface area (Å²) in [6.45, 7) is 4.32. The molecule has 3 aromatic rings. The first-order valence-corrected chi connectivity index (χ1v) is 10.7. The number of aromatic nitrogens is 1. The van der Waals surface area contributed by atoms with E-state index in [4.69, 9.17) is 11.6 Å². The Kier molecular flexibility index (Phi) is 6.05. The first-order chi connectivity index (χ1) is 13.7. The van der Waals surface area contributed by atoms with E-state index in [2.05, 4.69) is 34.1 Å². The molecule has 1 aliphatic rings. The van der Waals surface area contributed by atoms with Gasteiger partial charge in [0.05, 0.1) is 0 Å². The number of benzene rings is 2. The molecule has 0 atom stereocenters. The summed E-state index contributed by atoms with van der Waals surface area (Å²) >= 11 is 7.56. The van der Waals surface area contributed by atoms with Gasteiger partial charge in [-0.3, -0.25) is 9.69 Å². The second kappa shape index (κ2) is 8.86. The Balaban J connectivity index is 1.40. The van der Waals surface area contributed by atoms with E-state index in [1.54, 1.807) is 0 Å². The number of rotatable bonds is 4. The van der Waals surface area contributed by atoms with Gasteiger partial charge in [-0.1, -0.05) is 54.1 Å². The number of carbonyl (C=O) groups is 1. The lowest BCUT2D eigenvalue weighted by Gasteiger charge is -2.21. The Morgan fingerprint density at radius 1 is 1.04 bits per heavy atom. The smallest absolute Gasteiger partial charge is 0.273 e. The minimum Gasteiger partial charge on any atom is -0.336 e. The van der Waals surface area contributed by atoms with Gasteiger partial charge in [-0.05, 0) is 24.1 Å². The molecule has 2 aromatic carbocycles. The molecule has 1 aromatic heterocycles. The summed E-state index contributed by atoms with van der Waals surface area (Å²) in [5.41, 5.74) is 2.78. The highest BCUT2D eigenvalue weighted by Crippen LogP contribution is 2.26. The summed E-state index contributed by atoms with van der Waals surface area (Å²) in [7, 11) is 0. The van der Waals surface area contributed by atoms with Crippen LogP contribution in [-0.4, -0.2) is 46.9 Å². The van der Waals surface area contributed by atoms with Crippen molar-refractivity contribution in [2.45, 2.75) is 13.0 Å². The van der Waals surface area contributed by atoms with Crippen molar-refractivity contribution in [1.82, 2.24) is 14.8 Å². The van der Waals surface area contributed by atoms with Crippen LogP contribution in [0.2, 0.25) is 5.02 Å². The molecule has 2 heterocycles. The molecule has 6 heteroatoms. The third-order valence-corrected chi connectivity index (χ3v) is 6.05. The quantitative estimate of drug-likeness (QED) is 0.618. The van der Waals surface area contributed by atoms with Gasteiger partial charge in [0.1, 0.15) is 10.7 Å². The van der Waals surface area contributed by atoms with E-state index >= 15 is 0 Å². The molecule has 1 aliphatic heterocycles. The Morgan fingerprint density at radius 3 is 2.71 bits per heavy atom. The minimum atomic E-state index is 0.0195. The van der Waals surface area contributed by atoms with Crippen LogP contribution in [0.1, 0.15) is 22.5 Å². The van der Waals surface area contributed by atoms with Gasteiger partial charge in [-0.25, -0.2) is 4.98 Å². The van der Waals surface area contributed by atoms with E-state index in [0.29, 0.717) is 10.7 Å². The molecule has 1 saturated heterocycles. The molecular weight excluding hydrogens is 390 g/mol. The van der Waals surface area contributed by atoms with Crippen LogP contribution < -0.4 is 0 Å². The molecule has 0 radical (unpaired) electrons. The van der Waals surface area contributed by atoms with Gasteiger partial charge in [-0.2, -0.15) is 0 Å². The molecule has 1 fully saturated rings. The monoisotopic (exact) mass is 411 g/mol. The maximum atomic E-state index is 13.0. The van der Waals surface area contributed by atoms with Crippen LogP contribution in [0.4, 0.5) is 0 Å². The van der Waals surface area contributed by atoms with Crippen molar-refractivity contribution in [1.29, 1.82) is 0 Å². The Labute approximate surface area is 174 Å². The predicted molar refractivity (Wildman–Crippen MR) is 115 cm³/mol. The summed E-state index contributed by atoms with van der Waals surface area (Å²) < 4.78 is 0. The van der Waals surface area contributed by atoms with Crippen molar-refractivity contribution in [3.63, 3.8) is 0 Å². The molecule has 0 bridgehead atoms. The third-order valence-electron chi connectivity index (χ3n) is 4.92. The number of hydrogen-bond acceptors (Lipinski definition) is 4. The van der Waals surface area contributed by atoms with Gasteiger partial charge >= 0.3 is 0 Å². The van der Waals surface area contributed by atoms with E-state index < -0.39 is 0 Å². The van der Waals surface area contributed by atoms with Gasteiger partial charge in [0.15, 0.2) is 0 Å². The maximum Gasteiger partial charge on any atom is 0.273 e. The van der Waals surface area contributed by atoms with Gasteiger partial charge in [0.2, 0.25) is 0 Å². The number of carbonyl (C=O) groups excluding carboxylic acids is 1. The molecule has 0 spiro atoms. The van der Waals surface area contributed by atoms with Crippen molar-refractivity contribution in [3.05, 3.63) is 76.3 Å². The lowest BCUT2D eigenvalue weighted by Crippen LogP contribution is -2.35. The normalized spacial score (nSPS) is 15.4. The Bertz CT molecular complexity index is 944. The number of amides is 1. The molecule has 0 unspecified atom stereocenters. The fourth-order valence-electron chi connectivity index (χ4n) is 3.46. The molecule has 28 heavy (non-hydrogen) atoms. The van der Waals surface area contributed by atoms with Crippen LogP contribution in [0.15, 0.2) is 60.0 Å². The number of thiazole rings is 1. The van der Waals surface area contributed by atoms with Crippen molar-refractivity contribution < 1.29 is 4.79 Å². The van der Waals surface area contributed by atoms with E-state index in [9.17, 15) is 4.79 Å². The van der Waals surface area contributed by atoms with Crippen LogP contribution in [0.25, 0.3) is 10.6 Å². The van der Waals surface area contributed by atoms with E-state index in [1.807, 2.05) is 40.6 Å². The van der Waals surface area contributed by atoms with Crippen molar-refractivity contribution in [2.75, 3.05) is 26.2 Å². The second-order valence-corrected chi connectivity index (χ2v) is 8.25. The average Bonchev–Trinajstić information content (AvgIpc) is 3.10. The van der Waals surface area contributed by atoms with Gasteiger partial charge in [-0.15, -0.1) is 11.3 Å². The first kappa shape index (κ1) is 19.1. The first-order valence-electron chi connectivity index (χ1n) is 9.46. The zero-order chi connectivity index (χ0) is 19.3. The molecule has 1 amide bonds. The van der Waals surface area contributed by atoms with Crippen molar-refractivity contribution >= 4 is 28.8 Å². The Morgan fingerprint density at radius 2 is 1.89 bits per heavy atom. The van der Waals surface area contributed by atoms with Crippen LogP contribution in [0, 0.1) is 0 Å². The summed E-state index contributed by atoms with van der Waals surface area (Å²) in [6, 6.07) is 18.1. The average molecular weight is 412 g/mol. The van der Waals surface area contributed by atoms with Gasteiger partial charge < -0.3 is 4.90 Å². The molecular formula is C22H22ClN3OS. The SMILES string of the molecule is O=C(c1csc(-c2cccc(Cl)c2)n1)N1CCCN(Cc2ccccc2)CC1. The highest BCUT2D eigenvalue weighted by Gasteiger charge is 2.22. The Hall–Kier alpha value is -2.21. The molecule has 0 saturated carbocycles. The van der Waals surface area contributed by atoms with Gasteiger partial charge in [0.25, 0.3) is 5.91 Å². The van der Waals surface area contributed by atoms with Crippen molar-refractivity contribution in [3.8, 4) is 10.6 Å². The molecule has 0 aliphatic carbocycles. The number of halogens is 1. The van der Waals surface area contributed by atoms with E-state index in [-0.39, 0.29) is 5.91 Å². The fraction of sp³-hybridized carbons (Fsp3) is 0.273. The molecule has 4 rings (SSSR count). The van der Waals surface area contributed by atoms with Crippen molar-refractivity contribution in [2.24, 2.45) is 0 Å². The number of nitrogens with zero attached hydrogens (tertiary/aromatic N) is 3. The maximum absolute atomic E-state index is 13.0. The lowest BCUT2D eigenvalue weighted by atomic mass is 10.2. The molecule has 0 N–H and O–H groups in total. The standard InChI is InChI=1S/C22H22ClN3OS/c23-19-9-4-8-18(14-19)21-24-20(16-28-21)22(27)26-11-5-10-25(12-13-26)15-17-6-2-1-3-7-17/h1-4,6-9,14,16H,5,10-13,15H2. The topological polar surface area (TPSA) is 36.4 Å². The highest BCUT2D eigenvalue weighted by molar-refractivity contribution is 7.13. The highest BCUT2D eigenvalue weighted by atomic mass is 35.5. The number of hydrogen-bond donors (Lipinski definition) is 0. The largest absolute Gasteiger partial charge is 0.336 e. The van der Waals surface area contributed by atoms with Crippen LogP contribution in [0.5, 0.6) is 0 Å². The molecule has 144 valence electrons. The van der Waals surface area contributed by atoms with Crippen LogP contribution in [0.3, 0.4) is 0 Å². The summed E-state index contributed by atoms with van der Waals surface area (Å²) in [5.74, 6) is 0.0195. The van der Waals surface area contributed by atoms with Gasteiger partial charge in [0, 0.05) is 48.7 Å².